The first kappa shape index (κ1) is 67.9. The Morgan fingerprint density at radius 2 is 0.516 bits per heavy atom. The van der Waals surface area contributed by atoms with Gasteiger partial charge in [0.2, 0.25) is 23.0 Å². The third kappa shape index (κ3) is 17.7. The van der Waals surface area contributed by atoms with E-state index in [1.165, 1.54) is 0 Å². The van der Waals surface area contributed by atoms with Crippen molar-refractivity contribution in [2.75, 3.05) is 31.8 Å². The van der Waals surface area contributed by atoms with E-state index in [1.807, 2.05) is 149 Å². The van der Waals surface area contributed by atoms with E-state index in [9.17, 15) is 40.5 Å². The lowest BCUT2D eigenvalue weighted by atomic mass is 9.86. The highest BCUT2D eigenvalue weighted by atomic mass is 35.5. The number of nitro groups is 4. The number of nitrogens with zero attached hydrogens (tertiary/aromatic N) is 4. The Morgan fingerprint density at radius 1 is 0.323 bits per heavy atom. The molecule has 18 nitrogen and oxygen atoms in total. The van der Waals surface area contributed by atoms with Gasteiger partial charge in [-0.2, -0.15) is 0 Å². The Kier molecular flexibility index (Phi) is 24.6. The molecule has 7 aliphatic rings. The Morgan fingerprint density at radius 3 is 0.677 bits per heavy atom. The highest BCUT2D eigenvalue weighted by molar-refractivity contribution is 6.40. The number of halogens is 2. The van der Waals surface area contributed by atoms with Crippen LogP contribution in [-0.2, 0) is 9.47 Å². The first-order valence-electron chi connectivity index (χ1n) is 29.2. The molecule has 0 unspecified atom stereocenters. The van der Waals surface area contributed by atoms with E-state index in [0.717, 1.165) is 95.2 Å². The molecule has 10 aromatic carbocycles. The molecule has 93 heavy (non-hydrogen) atoms. The van der Waals surface area contributed by atoms with Crippen LogP contribution >= 0.6 is 23.2 Å². The van der Waals surface area contributed by atoms with Gasteiger partial charge < -0.3 is 28.4 Å². The SMILES string of the molecule is CCOCC.CCOCC.ClCCl.O=[N+]([O-])c1cc([N+](=O)[O-])c2cc1Oc1ccc(cc1)C(=C(c1ccccc1)c1ccccc1)c1ccc(cc1)Oc1cc(c([N+](=O)[O-])cc1[N+](=O)[O-])Oc1ccc(cc1)C(=C(c1ccccc1)c1ccccc1)c1ccc(cc1)O2. The fraction of sp³-hybridized carbons (Fsp3) is 0.123. The number of rotatable bonds is 12. The summed E-state index contributed by atoms with van der Waals surface area (Å²) in [5.41, 5.74) is 6.51. The summed E-state index contributed by atoms with van der Waals surface area (Å²) < 4.78 is 34.5. The highest BCUT2D eigenvalue weighted by Gasteiger charge is 2.30. The molecule has 17 rings (SSSR count). The van der Waals surface area contributed by atoms with Crippen molar-refractivity contribution in [2.24, 2.45) is 0 Å². The van der Waals surface area contributed by atoms with Crippen LogP contribution in [0.15, 0.2) is 243 Å². The minimum atomic E-state index is -0.763. The molecule has 0 amide bonds. The fourth-order valence-corrected chi connectivity index (χ4v) is 9.89. The quantitative estimate of drug-likeness (QED) is 0.0630. The van der Waals surface area contributed by atoms with Crippen molar-refractivity contribution in [1.29, 1.82) is 0 Å². The van der Waals surface area contributed by atoms with Gasteiger partial charge in [0.05, 0.1) is 25.0 Å². The maximum Gasteiger partial charge on any atom is 0.318 e. The van der Waals surface area contributed by atoms with Crippen molar-refractivity contribution >= 4 is 68.2 Å². The molecule has 12 bridgehead atoms. The van der Waals surface area contributed by atoms with E-state index in [0.29, 0.717) is 22.3 Å². The van der Waals surface area contributed by atoms with Crippen molar-refractivity contribution in [3.63, 3.8) is 0 Å². The predicted molar refractivity (Wildman–Crippen MR) is 362 cm³/mol. The minimum absolute atomic E-state index is 0.159. The first-order chi connectivity index (χ1) is 45.2. The summed E-state index contributed by atoms with van der Waals surface area (Å²) >= 11 is 9.53. The summed E-state index contributed by atoms with van der Waals surface area (Å²) in [6.45, 7) is 11.3. The smallest absolute Gasteiger partial charge is 0.318 e. The lowest BCUT2D eigenvalue weighted by Crippen LogP contribution is -2.01. The zero-order chi connectivity index (χ0) is 66.2. The van der Waals surface area contributed by atoms with Gasteiger partial charge in [0.1, 0.15) is 35.1 Å². The molecule has 0 saturated heterocycles. The zero-order valence-electron chi connectivity index (χ0n) is 50.9. The highest BCUT2D eigenvalue weighted by Crippen LogP contribution is 2.47. The fourth-order valence-electron chi connectivity index (χ4n) is 9.89. The van der Waals surface area contributed by atoms with Crippen molar-refractivity contribution in [3.8, 4) is 46.0 Å². The minimum Gasteiger partial charge on any atom is -0.450 e. The van der Waals surface area contributed by atoms with Gasteiger partial charge in [0, 0.05) is 38.6 Å². The van der Waals surface area contributed by atoms with Crippen LogP contribution in [0.5, 0.6) is 46.0 Å². The molecule has 0 spiro atoms. The summed E-state index contributed by atoms with van der Waals surface area (Å²) in [7, 11) is 0. The molecule has 0 aromatic heterocycles. The molecule has 0 radical (unpaired) electrons. The molecule has 7 heterocycles. The summed E-state index contributed by atoms with van der Waals surface area (Å²) in [4.78, 5) is 47.3. The first-order valence-corrected chi connectivity index (χ1v) is 30.3. The largest absolute Gasteiger partial charge is 0.450 e. The zero-order valence-corrected chi connectivity index (χ0v) is 52.4. The van der Waals surface area contributed by atoms with Gasteiger partial charge in [-0.15, -0.1) is 23.2 Å². The predicted octanol–water partition coefficient (Wildman–Crippen LogP) is 20.3. The van der Waals surface area contributed by atoms with E-state index >= 15 is 0 Å². The number of alkyl halides is 2. The van der Waals surface area contributed by atoms with Crippen LogP contribution in [0.3, 0.4) is 0 Å². The summed E-state index contributed by atoms with van der Waals surface area (Å²) in [5.74, 6) is -0.636. The van der Waals surface area contributed by atoms with Crippen molar-refractivity contribution in [3.05, 3.63) is 328 Å². The van der Waals surface area contributed by atoms with Crippen LogP contribution in [0.4, 0.5) is 22.7 Å². The maximum absolute atomic E-state index is 12.6. The van der Waals surface area contributed by atoms with Crippen LogP contribution in [0, 0.1) is 40.5 Å². The van der Waals surface area contributed by atoms with Gasteiger partial charge in [-0.3, -0.25) is 40.5 Å². The van der Waals surface area contributed by atoms with Crippen LogP contribution in [-0.4, -0.2) is 51.5 Å². The Balaban J connectivity index is 0.000000782. The van der Waals surface area contributed by atoms with Crippen LogP contribution in [0.2, 0.25) is 0 Å². The third-order valence-electron chi connectivity index (χ3n) is 13.9. The maximum atomic E-state index is 12.6. The number of hydrogen-bond acceptors (Lipinski definition) is 14. The van der Waals surface area contributed by atoms with Crippen molar-refractivity contribution in [1.82, 2.24) is 0 Å². The number of ether oxygens (including phenoxy) is 6. The summed E-state index contributed by atoms with van der Waals surface area (Å²) in [6, 6.07) is 69.6. The molecular weight excluding hydrogens is 1230 g/mol. The van der Waals surface area contributed by atoms with E-state index < -0.39 is 42.4 Å². The van der Waals surface area contributed by atoms with E-state index in [1.54, 1.807) is 97.1 Å². The van der Waals surface area contributed by atoms with Gasteiger partial charge in [0.15, 0.2) is 0 Å². The molecule has 0 atom stereocenters. The number of benzene rings is 10. The molecule has 0 aliphatic carbocycles. The average Bonchev–Trinajstić information content (AvgIpc) is 0.827. The van der Waals surface area contributed by atoms with Crippen LogP contribution < -0.4 is 18.9 Å². The lowest BCUT2D eigenvalue weighted by molar-refractivity contribution is -0.395. The number of nitro benzene ring substituents is 4. The third-order valence-corrected chi connectivity index (χ3v) is 13.9. The van der Waals surface area contributed by atoms with E-state index in [4.69, 9.17) is 51.6 Å². The topological polar surface area (TPSA) is 228 Å². The lowest BCUT2D eigenvalue weighted by Gasteiger charge is -2.19. The Bertz CT molecular complexity index is 3690. The summed E-state index contributed by atoms with van der Waals surface area (Å²) in [5, 5.41) is 50.6. The van der Waals surface area contributed by atoms with Crippen LogP contribution in [0.25, 0.3) is 22.3 Å². The molecule has 10 aromatic rings. The monoisotopic (exact) mass is 1290 g/mol. The molecule has 0 N–H and O–H groups in total. The van der Waals surface area contributed by atoms with Gasteiger partial charge in [-0.05, 0) is 143 Å². The van der Waals surface area contributed by atoms with Gasteiger partial charge in [0.25, 0.3) is 0 Å². The van der Waals surface area contributed by atoms with Crippen molar-refractivity contribution in [2.45, 2.75) is 27.7 Å². The van der Waals surface area contributed by atoms with E-state index in [2.05, 4.69) is 0 Å². The van der Waals surface area contributed by atoms with E-state index in [-0.39, 0.29) is 51.3 Å². The second-order valence-corrected chi connectivity index (χ2v) is 20.5. The van der Waals surface area contributed by atoms with Gasteiger partial charge >= 0.3 is 22.7 Å². The molecule has 472 valence electrons. The Hall–Kier alpha value is -11.0. The summed E-state index contributed by atoms with van der Waals surface area (Å²) in [6.07, 6.45) is 0. The normalized spacial score (nSPS) is 11.2. The van der Waals surface area contributed by atoms with Gasteiger partial charge in [-0.25, -0.2) is 0 Å². The van der Waals surface area contributed by atoms with Crippen molar-refractivity contribution < 1.29 is 48.1 Å². The Labute approximate surface area is 546 Å². The molecular formula is C73H62Cl2N4O14. The molecule has 0 saturated carbocycles. The average molecular weight is 1290 g/mol. The standard InChI is InChI=1S/C64H40N4O12.2C4H10O.CH2Cl2/c69-65(70)53-37-55(67(73)74)59-39-57(53)77-49-29-21-45(22-30-49)63(61(41-13-5-1-6-14-41)42-15-7-2-8-16-42)46-23-31-50(32-24-46)78-58-40-60(56(68(75)76)38-54(58)66(71)72)80-52-35-27-48(28-36-52)64(47-25-33-51(79-59)34-26-47)62(43-17-9-3-10-18-43)44-19-11-4-12-20-44;2*1-3-5-4-2;2-1-3/h1-40H;2*3-4H2,1-2H3;1H2. The van der Waals surface area contributed by atoms with Gasteiger partial charge in [-0.1, -0.05) is 170 Å². The molecule has 0 fully saturated rings. The molecule has 7 aliphatic heterocycles. The molecule has 20 heteroatoms. The second kappa shape index (κ2) is 33.7. The number of hydrogen-bond donors (Lipinski definition) is 0. The second-order valence-electron chi connectivity index (χ2n) is 19.7. The van der Waals surface area contributed by atoms with Crippen LogP contribution in [0.1, 0.15) is 72.2 Å².